The predicted octanol–water partition coefficient (Wildman–Crippen LogP) is 1.19. The molecule has 1 aromatic rings. The van der Waals surface area contributed by atoms with E-state index in [4.69, 9.17) is 11.6 Å². The summed E-state index contributed by atoms with van der Waals surface area (Å²) in [6.45, 7) is 1.70. The number of carbonyl (C=O) groups excluding carboxylic acids is 2. The number of nitro groups is 1. The van der Waals surface area contributed by atoms with E-state index < -0.39 is 10.8 Å². The lowest BCUT2D eigenvalue weighted by Crippen LogP contribution is -2.47. The molecule has 0 bridgehead atoms. The first-order valence-electron chi connectivity index (χ1n) is 7.58. The van der Waals surface area contributed by atoms with Gasteiger partial charge in [-0.2, -0.15) is 0 Å². The summed E-state index contributed by atoms with van der Waals surface area (Å²) in [6, 6.07) is 3.91. The maximum absolute atomic E-state index is 12.3. The van der Waals surface area contributed by atoms with Gasteiger partial charge in [0.05, 0.1) is 11.5 Å². The minimum atomic E-state index is -0.618. The molecule has 0 atom stereocenters. The number of halogens is 1. The number of amides is 2. The molecule has 24 heavy (non-hydrogen) atoms. The van der Waals surface area contributed by atoms with Crippen LogP contribution in [0.2, 0.25) is 5.02 Å². The number of rotatable bonds is 5. The van der Waals surface area contributed by atoms with E-state index in [1.54, 1.807) is 7.05 Å². The van der Waals surface area contributed by atoms with Gasteiger partial charge in [0.25, 0.3) is 11.6 Å². The average Bonchev–Trinajstić information content (AvgIpc) is 2.56. The van der Waals surface area contributed by atoms with Crippen molar-refractivity contribution in [2.24, 2.45) is 0 Å². The van der Waals surface area contributed by atoms with Gasteiger partial charge >= 0.3 is 0 Å². The van der Waals surface area contributed by atoms with Gasteiger partial charge in [-0.15, -0.1) is 0 Å². The summed E-state index contributed by atoms with van der Waals surface area (Å²) in [4.78, 5) is 36.1. The molecule has 0 radical (unpaired) electrons. The number of likely N-dealkylation sites (N-methyl/N-ethyl adjacent to an activating group) is 1. The number of piperidine rings is 1. The van der Waals surface area contributed by atoms with Crippen molar-refractivity contribution >= 4 is 29.1 Å². The lowest BCUT2D eigenvalue weighted by Gasteiger charge is -2.31. The Balaban J connectivity index is 1.95. The third-order valence-corrected chi connectivity index (χ3v) is 4.21. The van der Waals surface area contributed by atoms with Crippen molar-refractivity contribution in [3.05, 3.63) is 38.9 Å². The first-order valence-corrected chi connectivity index (χ1v) is 7.96. The third-order valence-electron chi connectivity index (χ3n) is 3.97. The van der Waals surface area contributed by atoms with Crippen LogP contribution in [0.25, 0.3) is 0 Å². The van der Waals surface area contributed by atoms with E-state index >= 15 is 0 Å². The number of nitro benzene ring substituents is 1. The number of hydrogen-bond donors (Lipinski definition) is 2. The minimum Gasteiger partial charge on any atom is -0.358 e. The third kappa shape index (κ3) is 4.65. The molecular weight excluding hydrogens is 336 g/mol. The molecule has 8 nitrogen and oxygen atoms in total. The molecular formula is C15H19ClN4O4. The molecule has 2 N–H and O–H groups in total. The number of carbonyl (C=O) groups is 2. The van der Waals surface area contributed by atoms with Crippen LogP contribution in [-0.2, 0) is 4.79 Å². The molecule has 1 aliphatic rings. The summed E-state index contributed by atoms with van der Waals surface area (Å²) >= 11 is 5.75. The first-order chi connectivity index (χ1) is 11.4. The summed E-state index contributed by atoms with van der Waals surface area (Å²) < 4.78 is 0. The Hall–Kier alpha value is -2.19. The highest BCUT2D eigenvalue weighted by atomic mass is 35.5. The fourth-order valence-corrected chi connectivity index (χ4v) is 2.79. The lowest BCUT2D eigenvalue weighted by atomic mass is 10.0. The molecule has 0 aromatic heterocycles. The van der Waals surface area contributed by atoms with Crippen LogP contribution < -0.4 is 10.6 Å². The second-order valence-corrected chi connectivity index (χ2v) is 6.05. The van der Waals surface area contributed by atoms with Crippen molar-refractivity contribution < 1.29 is 14.5 Å². The van der Waals surface area contributed by atoms with E-state index in [0.29, 0.717) is 32.5 Å². The second-order valence-electron chi connectivity index (χ2n) is 5.62. The van der Waals surface area contributed by atoms with Crippen LogP contribution in [0.15, 0.2) is 18.2 Å². The van der Waals surface area contributed by atoms with Gasteiger partial charge in [0.1, 0.15) is 5.56 Å². The van der Waals surface area contributed by atoms with Crippen LogP contribution in [0.5, 0.6) is 0 Å². The van der Waals surface area contributed by atoms with E-state index in [0.717, 1.165) is 0 Å². The second kappa shape index (κ2) is 8.07. The Kier molecular flexibility index (Phi) is 6.10. The van der Waals surface area contributed by atoms with E-state index in [1.165, 1.54) is 18.2 Å². The van der Waals surface area contributed by atoms with Gasteiger partial charge in [-0.1, -0.05) is 11.6 Å². The van der Waals surface area contributed by atoms with Crippen LogP contribution in [0.4, 0.5) is 5.69 Å². The summed E-state index contributed by atoms with van der Waals surface area (Å²) in [7, 11) is 1.59. The van der Waals surface area contributed by atoms with E-state index in [-0.39, 0.29) is 28.2 Å². The SMILES string of the molecule is CNC(=O)CN1CCC(NC(=O)c2ccc(Cl)cc2[N+](=O)[O-])CC1. The predicted molar refractivity (Wildman–Crippen MR) is 89.1 cm³/mol. The summed E-state index contributed by atoms with van der Waals surface area (Å²) in [6.07, 6.45) is 1.37. The van der Waals surface area contributed by atoms with E-state index in [2.05, 4.69) is 10.6 Å². The fraction of sp³-hybridized carbons (Fsp3) is 0.467. The molecule has 1 aliphatic heterocycles. The molecule has 0 unspecified atom stereocenters. The Bertz CT molecular complexity index is 644. The Labute approximate surface area is 144 Å². The van der Waals surface area contributed by atoms with Crippen molar-refractivity contribution in [2.45, 2.75) is 18.9 Å². The topological polar surface area (TPSA) is 105 Å². The normalized spacial score (nSPS) is 15.8. The molecule has 0 saturated carbocycles. The van der Waals surface area contributed by atoms with Crippen LogP contribution in [0.3, 0.4) is 0 Å². The lowest BCUT2D eigenvalue weighted by molar-refractivity contribution is -0.385. The summed E-state index contributed by atoms with van der Waals surface area (Å²) in [5.41, 5.74) is -0.311. The van der Waals surface area contributed by atoms with Gasteiger partial charge < -0.3 is 10.6 Å². The standard InChI is InChI=1S/C15H19ClN4O4/c1-17-14(21)9-19-6-4-11(5-7-19)18-15(22)12-3-2-10(16)8-13(12)20(23)24/h2-3,8,11H,4-7,9H2,1H3,(H,17,21)(H,18,22). The van der Waals surface area contributed by atoms with Crippen LogP contribution in [0.1, 0.15) is 23.2 Å². The van der Waals surface area contributed by atoms with Gasteiger partial charge in [0.15, 0.2) is 0 Å². The van der Waals surface area contributed by atoms with Crippen molar-refractivity contribution in [1.82, 2.24) is 15.5 Å². The van der Waals surface area contributed by atoms with Crippen LogP contribution in [-0.4, -0.2) is 54.4 Å². The fourth-order valence-electron chi connectivity index (χ4n) is 2.63. The van der Waals surface area contributed by atoms with E-state index in [9.17, 15) is 19.7 Å². The molecule has 2 amide bonds. The highest BCUT2D eigenvalue weighted by Crippen LogP contribution is 2.23. The van der Waals surface area contributed by atoms with Gasteiger partial charge in [-0.25, -0.2) is 0 Å². The zero-order chi connectivity index (χ0) is 17.7. The number of benzene rings is 1. The average molecular weight is 355 g/mol. The van der Waals surface area contributed by atoms with Crippen LogP contribution in [0, 0.1) is 10.1 Å². The van der Waals surface area contributed by atoms with Crippen molar-refractivity contribution in [1.29, 1.82) is 0 Å². The highest BCUT2D eigenvalue weighted by molar-refractivity contribution is 6.31. The number of likely N-dealkylation sites (tertiary alicyclic amines) is 1. The molecule has 9 heteroatoms. The zero-order valence-corrected chi connectivity index (χ0v) is 14.0. The number of nitrogens with zero attached hydrogens (tertiary/aromatic N) is 2. The molecule has 1 saturated heterocycles. The summed E-state index contributed by atoms with van der Waals surface area (Å²) in [5, 5.41) is 16.7. The molecule has 0 aliphatic carbocycles. The van der Waals surface area contributed by atoms with Crippen molar-refractivity contribution in [3.63, 3.8) is 0 Å². The first kappa shape index (κ1) is 18.2. The minimum absolute atomic E-state index is 0.00260. The van der Waals surface area contributed by atoms with Gasteiger partial charge in [0.2, 0.25) is 5.91 Å². The van der Waals surface area contributed by atoms with E-state index in [1.807, 2.05) is 4.90 Å². The maximum Gasteiger partial charge on any atom is 0.283 e. The summed E-state index contributed by atoms with van der Waals surface area (Å²) in [5.74, 6) is -0.530. The molecule has 1 aromatic carbocycles. The number of nitrogens with one attached hydrogen (secondary N) is 2. The van der Waals surface area contributed by atoms with Crippen LogP contribution >= 0.6 is 11.6 Å². The number of hydrogen-bond acceptors (Lipinski definition) is 5. The zero-order valence-electron chi connectivity index (χ0n) is 13.3. The van der Waals surface area contributed by atoms with Gasteiger partial charge in [-0.3, -0.25) is 24.6 Å². The molecule has 2 rings (SSSR count). The van der Waals surface area contributed by atoms with Crippen molar-refractivity contribution in [2.75, 3.05) is 26.7 Å². The Morgan fingerprint density at radius 2 is 2.04 bits per heavy atom. The largest absolute Gasteiger partial charge is 0.358 e. The molecule has 0 spiro atoms. The Morgan fingerprint density at radius 3 is 2.62 bits per heavy atom. The monoisotopic (exact) mass is 354 g/mol. The smallest absolute Gasteiger partial charge is 0.283 e. The van der Waals surface area contributed by atoms with Gasteiger partial charge in [0, 0.05) is 37.3 Å². The van der Waals surface area contributed by atoms with Crippen molar-refractivity contribution in [3.8, 4) is 0 Å². The highest BCUT2D eigenvalue weighted by Gasteiger charge is 2.25. The van der Waals surface area contributed by atoms with Gasteiger partial charge in [-0.05, 0) is 25.0 Å². The molecule has 1 heterocycles. The molecule has 130 valence electrons. The molecule has 1 fully saturated rings. The quantitative estimate of drug-likeness (QED) is 0.610. The Morgan fingerprint density at radius 1 is 1.38 bits per heavy atom. The maximum atomic E-state index is 12.3.